The molecule has 0 bridgehead atoms. The molecule has 2 aliphatic rings. The van der Waals surface area contributed by atoms with E-state index in [2.05, 4.69) is 65.6 Å². The third-order valence-electron chi connectivity index (χ3n) is 5.98. The highest BCUT2D eigenvalue weighted by Crippen LogP contribution is 2.48. The lowest BCUT2D eigenvalue weighted by molar-refractivity contribution is 0.320. The molecule has 2 aliphatic heterocycles. The van der Waals surface area contributed by atoms with Gasteiger partial charge in [-0.1, -0.05) is 30.8 Å². The maximum atomic E-state index is 5.46. The predicted octanol–water partition coefficient (Wildman–Crippen LogP) is 5.09. The summed E-state index contributed by atoms with van der Waals surface area (Å²) in [6.07, 6.45) is 1.87. The number of pyridine rings is 1. The van der Waals surface area contributed by atoms with E-state index in [0.717, 1.165) is 28.8 Å². The molecule has 0 unspecified atom stereocenters. The fourth-order valence-electron chi connectivity index (χ4n) is 4.69. The van der Waals surface area contributed by atoms with E-state index in [1.807, 2.05) is 36.2 Å². The van der Waals surface area contributed by atoms with Gasteiger partial charge in [-0.15, -0.1) is 0 Å². The molecule has 5 nitrogen and oxygen atoms in total. The van der Waals surface area contributed by atoms with Crippen molar-refractivity contribution in [2.24, 2.45) is 4.99 Å². The Labute approximate surface area is 181 Å². The van der Waals surface area contributed by atoms with Crippen molar-refractivity contribution in [2.45, 2.75) is 38.1 Å². The van der Waals surface area contributed by atoms with E-state index in [0.29, 0.717) is 5.25 Å². The topological polar surface area (TPSA) is 42.6 Å². The third kappa shape index (κ3) is 3.10. The second kappa shape index (κ2) is 7.51. The van der Waals surface area contributed by atoms with Crippen LogP contribution in [0.25, 0.3) is 5.69 Å². The lowest BCUT2D eigenvalue weighted by atomic mass is 9.96. The van der Waals surface area contributed by atoms with Crippen molar-refractivity contribution in [1.29, 1.82) is 0 Å². The number of nitrogens with zero attached hydrogens (tertiary/aromatic N) is 4. The number of fused-ring (bicyclic) bond motifs is 1. The van der Waals surface area contributed by atoms with Crippen LogP contribution in [0.3, 0.4) is 0 Å². The normalized spacial score (nSPS) is 22.9. The van der Waals surface area contributed by atoms with Crippen LogP contribution in [0.2, 0.25) is 0 Å². The average Bonchev–Trinajstić information content (AvgIpc) is 3.38. The quantitative estimate of drug-likeness (QED) is 0.592. The van der Waals surface area contributed by atoms with E-state index < -0.39 is 0 Å². The van der Waals surface area contributed by atoms with Gasteiger partial charge in [-0.3, -0.25) is 9.98 Å². The molecule has 4 heterocycles. The van der Waals surface area contributed by atoms with Crippen LogP contribution >= 0.6 is 11.8 Å². The van der Waals surface area contributed by atoms with Crippen molar-refractivity contribution in [3.05, 3.63) is 77.4 Å². The van der Waals surface area contributed by atoms with Crippen LogP contribution in [0, 0.1) is 13.8 Å². The molecule has 1 aromatic carbocycles. The van der Waals surface area contributed by atoms with Gasteiger partial charge >= 0.3 is 0 Å². The fourth-order valence-corrected chi connectivity index (χ4v) is 5.78. The molecule has 3 aromatic rings. The second-order valence-corrected chi connectivity index (χ2v) is 9.41. The van der Waals surface area contributed by atoms with Crippen molar-refractivity contribution >= 4 is 16.9 Å². The van der Waals surface area contributed by atoms with E-state index in [1.165, 1.54) is 17.0 Å². The molecule has 154 valence electrons. The van der Waals surface area contributed by atoms with Gasteiger partial charge in [0.15, 0.2) is 5.17 Å². The van der Waals surface area contributed by atoms with Crippen molar-refractivity contribution in [2.75, 3.05) is 13.7 Å². The second-order valence-electron chi connectivity index (χ2n) is 8.00. The van der Waals surface area contributed by atoms with Crippen LogP contribution in [0.4, 0.5) is 0 Å². The van der Waals surface area contributed by atoms with Crippen LogP contribution in [0.15, 0.2) is 59.7 Å². The van der Waals surface area contributed by atoms with Gasteiger partial charge in [0, 0.05) is 41.1 Å². The highest BCUT2D eigenvalue weighted by atomic mass is 32.2. The summed E-state index contributed by atoms with van der Waals surface area (Å²) in [5.74, 6) is 0.865. The Hall–Kier alpha value is -2.73. The molecule has 30 heavy (non-hydrogen) atoms. The first-order valence-electron chi connectivity index (χ1n) is 10.3. The minimum atomic E-state index is 0.0143. The Kier molecular flexibility index (Phi) is 4.82. The number of rotatable bonds is 4. The molecule has 0 aliphatic carbocycles. The number of aliphatic imine (C=N–C) groups is 1. The van der Waals surface area contributed by atoms with Gasteiger partial charge < -0.3 is 14.2 Å². The first-order chi connectivity index (χ1) is 14.6. The molecule has 3 atom stereocenters. The minimum Gasteiger partial charge on any atom is -0.497 e. The molecule has 0 saturated carbocycles. The summed E-state index contributed by atoms with van der Waals surface area (Å²) in [7, 11) is 1.71. The van der Waals surface area contributed by atoms with Gasteiger partial charge in [0.05, 0.1) is 18.8 Å². The largest absolute Gasteiger partial charge is 0.497 e. The molecule has 0 N–H and O–H groups in total. The highest BCUT2D eigenvalue weighted by molar-refractivity contribution is 8.14. The number of aromatic nitrogens is 2. The van der Waals surface area contributed by atoms with Crippen molar-refractivity contribution < 1.29 is 4.74 Å². The smallest absolute Gasteiger partial charge is 0.160 e. The number of hydrogen-bond acceptors (Lipinski definition) is 5. The zero-order chi connectivity index (χ0) is 20.8. The van der Waals surface area contributed by atoms with Gasteiger partial charge in [0.2, 0.25) is 0 Å². The molecule has 2 aromatic heterocycles. The number of thioether (sulfide) groups is 1. The number of aryl methyl sites for hydroxylation is 1. The summed E-state index contributed by atoms with van der Waals surface area (Å²) < 4.78 is 7.77. The maximum Gasteiger partial charge on any atom is 0.160 e. The molecule has 0 spiro atoms. The predicted molar refractivity (Wildman–Crippen MR) is 123 cm³/mol. The van der Waals surface area contributed by atoms with Crippen LogP contribution < -0.4 is 4.74 Å². The number of methoxy groups -OCH3 is 1. The van der Waals surface area contributed by atoms with E-state index in [-0.39, 0.29) is 12.1 Å². The molecule has 0 amide bonds. The van der Waals surface area contributed by atoms with Gasteiger partial charge in [-0.25, -0.2) is 0 Å². The molecule has 1 fully saturated rings. The van der Waals surface area contributed by atoms with Crippen molar-refractivity contribution in [3.8, 4) is 11.4 Å². The Morgan fingerprint density at radius 2 is 1.97 bits per heavy atom. The van der Waals surface area contributed by atoms with Crippen LogP contribution in [0.5, 0.6) is 5.75 Å². The van der Waals surface area contributed by atoms with Crippen molar-refractivity contribution in [1.82, 2.24) is 14.5 Å². The van der Waals surface area contributed by atoms with Gasteiger partial charge in [-0.2, -0.15) is 0 Å². The summed E-state index contributed by atoms with van der Waals surface area (Å²) in [6, 6.07) is 16.9. The molecular weight excluding hydrogens is 392 g/mol. The summed E-state index contributed by atoms with van der Waals surface area (Å²) in [5, 5.41) is 1.70. The zero-order valence-electron chi connectivity index (χ0n) is 17.7. The number of amidine groups is 1. The summed E-state index contributed by atoms with van der Waals surface area (Å²) >= 11 is 1.88. The first kappa shape index (κ1) is 19.2. The van der Waals surface area contributed by atoms with Gasteiger partial charge in [0.25, 0.3) is 0 Å². The van der Waals surface area contributed by atoms with E-state index >= 15 is 0 Å². The van der Waals surface area contributed by atoms with Gasteiger partial charge in [0.1, 0.15) is 11.8 Å². The Balaban J connectivity index is 1.61. The fraction of sp³-hybridized carbons (Fsp3) is 0.333. The van der Waals surface area contributed by atoms with E-state index in [1.54, 1.807) is 7.11 Å². The molecule has 6 heteroatoms. The van der Waals surface area contributed by atoms with E-state index in [4.69, 9.17) is 9.73 Å². The standard InChI is InChI=1S/C24H26N4OS/c1-15-12-20(17(3)28(15)18-8-7-9-19(13-18)29-4)23-22(21-10-5-6-11-25-21)26-24-27(23)14-16(2)30-24/h5-13,16,22-23H,14H2,1-4H3/t16-,22+,23-/m1/s1. The lowest BCUT2D eigenvalue weighted by Crippen LogP contribution is -2.28. The zero-order valence-corrected chi connectivity index (χ0v) is 18.6. The molecular formula is C24H26N4OS. The monoisotopic (exact) mass is 418 g/mol. The lowest BCUT2D eigenvalue weighted by Gasteiger charge is -2.27. The summed E-state index contributed by atoms with van der Waals surface area (Å²) in [4.78, 5) is 12.3. The van der Waals surface area contributed by atoms with E-state index in [9.17, 15) is 0 Å². The average molecular weight is 419 g/mol. The Morgan fingerprint density at radius 1 is 1.10 bits per heavy atom. The first-order valence-corrected chi connectivity index (χ1v) is 11.2. The Morgan fingerprint density at radius 3 is 2.73 bits per heavy atom. The van der Waals surface area contributed by atoms with Gasteiger partial charge in [-0.05, 0) is 49.7 Å². The summed E-state index contributed by atoms with van der Waals surface area (Å²) in [5.41, 5.74) is 5.92. The SMILES string of the molecule is COc1cccc(-n2c(C)cc([C@@H]3[C@H](c4ccccn4)N=C4S[C@H](C)CN43)c2C)c1. The number of ether oxygens (including phenoxy) is 1. The van der Waals surface area contributed by atoms with Crippen LogP contribution in [-0.4, -0.2) is 38.5 Å². The minimum absolute atomic E-state index is 0.0143. The van der Waals surface area contributed by atoms with Crippen LogP contribution in [-0.2, 0) is 0 Å². The maximum absolute atomic E-state index is 5.46. The highest BCUT2D eigenvalue weighted by Gasteiger charge is 2.44. The Bertz CT molecular complexity index is 1110. The molecule has 0 radical (unpaired) electrons. The summed E-state index contributed by atoms with van der Waals surface area (Å²) in [6.45, 7) is 7.67. The number of hydrogen-bond donors (Lipinski definition) is 0. The number of benzene rings is 1. The molecule has 5 rings (SSSR count). The van der Waals surface area contributed by atoms with Crippen LogP contribution in [0.1, 0.15) is 41.7 Å². The van der Waals surface area contributed by atoms with Crippen molar-refractivity contribution in [3.63, 3.8) is 0 Å². The third-order valence-corrected chi connectivity index (χ3v) is 7.08. The molecule has 1 saturated heterocycles.